The minimum Gasteiger partial charge on any atom is -0.503 e. The maximum atomic E-state index is 12.7. The molecule has 158 valence electrons. The maximum Gasteiger partial charge on any atom is 0.427 e. The molecule has 0 bridgehead atoms. The number of aromatic nitrogens is 2. The van der Waals surface area contributed by atoms with Crippen LogP contribution in [0.5, 0.6) is 5.75 Å². The van der Waals surface area contributed by atoms with Crippen LogP contribution in [0.3, 0.4) is 0 Å². The predicted molar refractivity (Wildman–Crippen MR) is 107 cm³/mol. The van der Waals surface area contributed by atoms with E-state index in [1.807, 2.05) is 13.8 Å². The second kappa shape index (κ2) is 9.57. The molecular formula is C19H32N4O5. The fraction of sp³-hybridized carbons (Fsp3) is 0.684. The van der Waals surface area contributed by atoms with Crippen LogP contribution in [0.1, 0.15) is 67.7 Å². The van der Waals surface area contributed by atoms with E-state index in [9.17, 15) is 14.7 Å². The Balaban J connectivity index is 3.25. The van der Waals surface area contributed by atoms with Gasteiger partial charge in [0.2, 0.25) is 5.95 Å². The summed E-state index contributed by atoms with van der Waals surface area (Å²) in [6.07, 6.45) is 1.56. The van der Waals surface area contributed by atoms with Crippen LogP contribution < -0.4 is 10.2 Å². The van der Waals surface area contributed by atoms with Gasteiger partial charge in [0, 0.05) is 6.54 Å². The lowest BCUT2D eigenvalue weighted by Gasteiger charge is -2.28. The Morgan fingerprint density at radius 2 is 1.75 bits per heavy atom. The number of ether oxygens (including phenoxy) is 2. The summed E-state index contributed by atoms with van der Waals surface area (Å²) >= 11 is 0. The molecule has 0 aliphatic rings. The minimum absolute atomic E-state index is 0.120. The number of carbonyl (C=O) groups is 2. The van der Waals surface area contributed by atoms with E-state index in [0.29, 0.717) is 17.9 Å². The van der Waals surface area contributed by atoms with Gasteiger partial charge in [0.1, 0.15) is 11.2 Å². The lowest BCUT2D eigenvalue weighted by atomic mass is 10.1. The Morgan fingerprint density at radius 1 is 1.14 bits per heavy atom. The number of amides is 2. The molecule has 0 saturated heterocycles. The summed E-state index contributed by atoms with van der Waals surface area (Å²) in [5.74, 6) is -0.316. The Hall–Kier alpha value is -2.58. The molecule has 1 rings (SSSR count). The van der Waals surface area contributed by atoms with Gasteiger partial charge in [-0.3, -0.25) is 0 Å². The summed E-state index contributed by atoms with van der Waals surface area (Å²) < 4.78 is 10.7. The summed E-state index contributed by atoms with van der Waals surface area (Å²) in [6, 6.07) is 0. The largest absolute Gasteiger partial charge is 0.503 e. The number of hydrogen-bond donors (Lipinski definition) is 2. The van der Waals surface area contributed by atoms with Crippen molar-refractivity contribution in [1.29, 1.82) is 0 Å². The SMILES string of the molecule is CCCCNc1nc(N(C(=O)OC(C)(C)C)C(=O)OC(C)(C)CC)ncc1O. The second-order valence-corrected chi connectivity index (χ2v) is 7.98. The molecule has 0 aliphatic carbocycles. The average Bonchev–Trinajstić information content (AvgIpc) is 2.55. The minimum atomic E-state index is -0.963. The van der Waals surface area contributed by atoms with Gasteiger partial charge in [0.15, 0.2) is 11.6 Å². The van der Waals surface area contributed by atoms with Crippen LogP contribution in [0.15, 0.2) is 6.20 Å². The fourth-order valence-electron chi connectivity index (χ4n) is 1.89. The highest BCUT2D eigenvalue weighted by atomic mass is 16.6. The van der Waals surface area contributed by atoms with Crippen molar-refractivity contribution in [2.24, 2.45) is 0 Å². The van der Waals surface area contributed by atoms with Gasteiger partial charge < -0.3 is 19.9 Å². The van der Waals surface area contributed by atoms with Crippen molar-refractivity contribution in [1.82, 2.24) is 9.97 Å². The molecule has 0 radical (unpaired) electrons. The van der Waals surface area contributed by atoms with E-state index in [-0.39, 0.29) is 17.5 Å². The topological polar surface area (TPSA) is 114 Å². The number of rotatable bonds is 7. The highest BCUT2D eigenvalue weighted by Gasteiger charge is 2.35. The molecule has 0 aromatic carbocycles. The number of aromatic hydroxyl groups is 1. The Kier molecular flexibility index (Phi) is 8.01. The van der Waals surface area contributed by atoms with Crippen molar-refractivity contribution in [2.75, 3.05) is 16.8 Å². The average molecular weight is 396 g/mol. The van der Waals surface area contributed by atoms with Crippen LogP contribution in [-0.2, 0) is 9.47 Å². The predicted octanol–water partition coefficient (Wildman–Crippen LogP) is 4.46. The molecule has 0 fully saturated rings. The molecule has 2 amide bonds. The first kappa shape index (κ1) is 23.5. The molecule has 0 spiro atoms. The normalized spacial score (nSPS) is 11.7. The highest BCUT2D eigenvalue weighted by molar-refractivity contribution is 6.08. The van der Waals surface area contributed by atoms with Gasteiger partial charge in [-0.25, -0.2) is 14.6 Å². The molecule has 0 saturated carbocycles. The zero-order chi connectivity index (χ0) is 21.5. The first-order valence-corrected chi connectivity index (χ1v) is 9.46. The first-order valence-electron chi connectivity index (χ1n) is 9.46. The number of unbranched alkanes of at least 4 members (excludes halogenated alkanes) is 1. The number of nitrogens with zero attached hydrogens (tertiary/aromatic N) is 3. The van der Waals surface area contributed by atoms with E-state index in [2.05, 4.69) is 15.3 Å². The third-order valence-corrected chi connectivity index (χ3v) is 3.75. The Labute approximate surface area is 166 Å². The van der Waals surface area contributed by atoms with E-state index in [1.54, 1.807) is 34.6 Å². The molecule has 2 N–H and O–H groups in total. The van der Waals surface area contributed by atoms with Crippen molar-refractivity contribution in [3.05, 3.63) is 6.20 Å². The summed E-state index contributed by atoms with van der Waals surface area (Å²) in [4.78, 5) is 34.1. The molecule has 28 heavy (non-hydrogen) atoms. The van der Waals surface area contributed by atoms with Gasteiger partial charge in [-0.1, -0.05) is 20.3 Å². The summed E-state index contributed by atoms with van der Waals surface area (Å²) in [6.45, 7) is 13.0. The van der Waals surface area contributed by atoms with E-state index in [1.165, 1.54) is 0 Å². The lowest BCUT2D eigenvalue weighted by Crippen LogP contribution is -2.45. The van der Waals surface area contributed by atoms with Gasteiger partial charge in [0.05, 0.1) is 6.20 Å². The summed E-state index contributed by atoms with van der Waals surface area (Å²) in [5, 5.41) is 12.9. The van der Waals surface area contributed by atoms with E-state index in [0.717, 1.165) is 19.0 Å². The van der Waals surface area contributed by atoms with Crippen LogP contribution in [-0.4, -0.2) is 45.0 Å². The zero-order valence-corrected chi connectivity index (χ0v) is 17.8. The molecule has 0 aliphatic heterocycles. The van der Waals surface area contributed by atoms with Crippen molar-refractivity contribution in [3.8, 4) is 5.75 Å². The summed E-state index contributed by atoms with van der Waals surface area (Å²) in [5.41, 5.74) is -1.63. The van der Waals surface area contributed by atoms with Crippen LogP contribution in [0.2, 0.25) is 0 Å². The lowest BCUT2D eigenvalue weighted by molar-refractivity contribution is 0.0328. The molecule has 9 nitrogen and oxygen atoms in total. The number of nitrogens with one attached hydrogen (secondary N) is 1. The van der Waals surface area contributed by atoms with E-state index in [4.69, 9.17) is 9.47 Å². The Morgan fingerprint density at radius 3 is 2.29 bits per heavy atom. The van der Waals surface area contributed by atoms with Crippen molar-refractivity contribution in [2.45, 2.75) is 78.9 Å². The van der Waals surface area contributed by atoms with Gasteiger partial charge in [-0.05, 0) is 47.5 Å². The number of hydrogen-bond acceptors (Lipinski definition) is 8. The third-order valence-electron chi connectivity index (χ3n) is 3.75. The fourth-order valence-corrected chi connectivity index (χ4v) is 1.89. The van der Waals surface area contributed by atoms with Crippen LogP contribution in [0, 0.1) is 0 Å². The summed E-state index contributed by atoms with van der Waals surface area (Å²) in [7, 11) is 0. The van der Waals surface area contributed by atoms with Crippen LogP contribution >= 0.6 is 0 Å². The van der Waals surface area contributed by atoms with Crippen molar-refractivity contribution >= 4 is 24.0 Å². The van der Waals surface area contributed by atoms with E-state index < -0.39 is 23.4 Å². The molecule has 1 heterocycles. The van der Waals surface area contributed by atoms with Gasteiger partial charge in [0.25, 0.3) is 0 Å². The maximum absolute atomic E-state index is 12.7. The quantitative estimate of drug-likeness (QED) is 0.649. The second-order valence-electron chi connectivity index (χ2n) is 7.98. The van der Waals surface area contributed by atoms with Gasteiger partial charge in [-0.2, -0.15) is 4.98 Å². The van der Waals surface area contributed by atoms with Gasteiger partial charge >= 0.3 is 12.2 Å². The van der Waals surface area contributed by atoms with E-state index >= 15 is 0 Å². The number of carbonyl (C=O) groups excluding carboxylic acids is 2. The standard InChI is InChI=1S/C19H32N4O5/c1-8-10-11-20-14-13(24)12-21-15(22-14)23(16(25)27-18(3,4)5)17(26)28-19(6,7)9-2/h12,24H,8-11H2,1-7H3,(H,20,21,22). The molecule has 1 aromatic rings. The highest BCUT2D eigenvalue weighted by Crippen LogP contribution is 2.25. The molecular weight excluding hydrogens is 364 g/mol. The zero-order valence-electron chi connectivity index (χ0n) is 17.8. The van der Waals surface area contributed by atoms with Crippen molar-refractivity contribution < 1.29 is 24.2 Å². The van der Waals surface area contributed by atoms with Gasteiger partial charge in [-0.15, -0.1) is 4.90 Å². The molecule has 1 aromatic heterocycles. The molecule has 0 atom stereocenters. The van der Waals surface area contributed by atoms with Crippen molar-refractivity contribution in [3.63, 3.8) is 0 Å². The van der Waals surface area contributed by atoms with Crippen LogP contribution in [0.4, 0.5) is 21.4 Å². The third kappa shape index (κ3) is 7.21. The smallest absolute Gasteiger partial charge is 0.427 e. The number of anilines is 2. The number of imide groups is 1. The molecule has 0 unspecified atom stereocenters. The Bertz CT molecular complexity index is 685. The first-order chi connectivity index (χ1) is 12.9. The monoisotopic (exact) mass is 396 g/mol. The van der Waals surface area contributed by atoms with Crippen LogP contribution in [0.25, 0.3) is 0 Å². The molecule has 9 heteroatoms.